The summed E-state index contributed by atoms with van der Waals surface area (Å²) in [4.78, 5) is 7.17. The number of aromatic nitrogens is 4. The Morgan fingerprint density at radius 1 is 0.306 bits per heavy atom. The van der Waals surface area contributed by atoms with Crippen LogP contribution in [-0.2, 0) is 18.5 Å². The highest BCUT2D eigenvalue weighted by molar-refractivity contribution is 6.15. The third-order valence-electron chi connectivity index (χ3n) is 18.4. The normalized spacial score (nSPS) is 12.1. The number of halogens is 9. The summed E-state index contributed by atoms with van der Waals surface area (Å²) >= 11 is 0. The molecule has 0 atom stereocenters. The summed E-state index contributed by atoms with van der Waals surface area (Å²) in [5.74, 6) is 0. The van der Waals surface area contributed by atoms with Crippen molar-refractivity contribution in [2.75, 3.05) is 0 Å². The van der Waals surface area contributed by atoms with Crippen molar-refractivity contribution in [3.05, 3.63) is 298 Å². The molecule has 0 amide bonds. The molecule has 4 aromatic heterocycles. The van der Waals surface area contributed by atoms with E-state index in [-0.39, 0.29) is 45.0 Å². The van der Waals surface area contributed by atoms with Gasteiger partial charge in [-0.25, -0.2) is 9.69 Å². The molecule has 0 bridgehead atoms. The van der Waals surface area contributed by atoms with Crippen LogP contribution in [0.5, 0.6) is 0 Å². The highest BCUT2D eigenvalue weighted by Gasteiger charge is 2.41. The van der Waals surface area contributed by atoms with Crippen LogP contribution in [0.25, 0.3) is 142 Å². The third kappa shape index (κ3) is 9.96. The van der Waals surface area contributed by atoms with Crippen molar-refractivity contribution in [3.63, 3.8) is 0 Å². The van der Waals surface area contributed by atoms with Gasteiger partial charge in [0.1, 0.15) is 0 Å². The quantitative estimate of drug-likeness (QED) is 0.121. The minimum absolute atomic E-state index is 0.134. The van der Waals surface area contributed by atoms with Gasteiger partial charge in [-0.3, -0.25) is 0 Å². The fourth-order valence-electron chi connectivity index (χ4n) is 14.3. The van der Waals surface area contributed by atoms with Crippen molar-refractivity contribution >= 4 is 98.6 Å². The minimum atomic E-state index is -4.94. The van der Waals surface area contributed by atoms with Gasteiger partial charge in [-0.2, -0.15) is 44.8 Å². The van der Waals surface area contributed by atoms with Crippen molar-refractivity contribution in [2.24, 2.45) is 0 Å². The first-order chi connectivity index (χ1) is 47.1. The van der Waals surface area contributed by atoms with Crippen LogP contribution in [0.2, 0.25) is 0 Å². The van der Waals surface area contributed by atoms with Crippen molar-refractivity contribution in [1.29, 1.82) is 5.26 Å². The summed E-state index contributed by atoms with van der Waals surface area (Å²) in [6.07, 6.45) is -14.6. The molecule has 0 fully saturated rings. The molecule has 12 aromatic carbocycles. The lowest BCUT2D eigenvalue weighted by molar-refractivity contribution is -0.138. The Morgan fingerprint density at radius 2 is 0.582 bits per heavy atom. The summed E-state index contributed by atoms with van der Waals surface area (Å²) in [5, 5.41) is 17.1. The number of hydrogen-bond acceptors (Lipinski definition) is 1. The largest absolute Gasteiger partial charge is 0.416 e. The second-order valence-electron chi connectivity index (χ2n) is 24.5. The van der Waals surface area contributed by atoms with Crippen LogP contribution in [0.4, 0.5) is 50.9 Å². The van der Waals surface area contributed by atoms with Crippen LogP contribution >= 0.6 is 0 Å². The molecule has 476 valence electrons. The first-order valence-corrected chi connectivity index (χ1v) is 31.1. The lowest BCUT2D eigenvalue weighted by Crippen LogP contribution is -2.13. The molecular formula is C82H50F9N7. The van der Waals surface area contributed by atoms with Gasteiger partial charge in [-0.15, -0.1) is 0 Å². The number of aryl methyl sites for hydroxylation is 4. The Labute approximate surface area is 554 Å². The molecule has 16 rings (SSSR count). The van der Waals surface area contributed by atoms with E-state index in [9.17, 15) is 5.26 Å². The molecule has 0 saturated carbocycles. The van der Waals surface area contributed by atoms with Crippen molar-refractivity contribution in [2.45, 2.75) is 46.2 Å². The van der Waals surface area contributed by atoms with E-state index >= 15 is 39.5 Å². The average Bonchev–Trinajstić information content (AvgIpc) is 1.46. The van der Waals surface area contributed by atoms with Crippen LogP contribution in [0.3, 0.4) is 0 Å². The van der Waals surface area contributed by atoms with E-state index in [1.807, 2.05) is 158 Å². The molecular weight excluding hydrogens is 1250 g/mol. The van der Waals surface area contributed by atoms with E-state index in [1.54, 1.807) is 57.7 Å². The van der Waals surface area contributed by atoms with Gasteiger partial charge in [-0.1, -0.05) is 156 Å². The second kappa shape index (κ2) is 23.0. The van der Waals surface area contributed by atoms with Gasteiger partial charge >= 0.3 is 18.5 Å². The zero-order chi connectivity index (χ0) is 68.4. The molecule has 0 aliphatic rings. The van der Waals surface area contributed by atoms with Crippen molar-refractivity contribution in [1.82, 2.24) is 18.3 Å². The first-order valence-electron chi connectivity index (χ1n) is 31.1. The highest BCUT2D eigenvalue weighted by atomic mass is 19.4. The summed E-state index contributed by atoms with van der Waals surface area (Å²) in [6, 6.07) is 67.1. The third-order valence-corrected chi connectivity index (χ3v) is 18.4. The SMILES string of the molecule is [C-]#[N+]c1cccc(C(F)(F)F)c1-c1c(-n2c3ccccc3c3cc(C)ccc32)cc(C#N)cc1-n1c2ccccc2c2cc(C)ccc21.[C-]#[N+]c1cccc(C(F)(F)F)c1-c1c(-n2c3ccccc3c3cc(C)ccc32)cc(C(F)(F)F)cc1-n1c2ccccc2c2cc(C)ccc21. The summed E-state index contributed by atoms with van der Waals surface area (Å²) < 4.78 is 143. The average molecular weight is 1300 g/mol. The topological polar surface area (TPSA) is 52.2 Å². The lowest BCUT2D eigenvalue weighted by atomic mass is 9.92. The molecule has 0 saturated heterocycles. The van der Waals surface area contributed by atoms with E-state index in [2.05, 4.69) is 27.9 Å². The van der Waals surface area contributed by atoms with Gasteiger partial charge < -0.3 is 18.3 Å². The number of nitrogens with zero attached hydrogens (tertiary/aromatic N) is 7. The molecule has 16 heteroatoms. The summed E-state index contributed by atoms with van der Waals surface area (Å²) in [6.45, 7) is 23.9. The smallest absolute Gasteiger partial charge is 0.309 e. The van der Waals surface area contributed by atoms with E-state index in [1.165, 1.54) is 18.2 Å². The van der Waals surface area contributed by atoms with Crippen LogP contribution in [-0.4, -0.2) is 18.3 Å². The number of benzene rings is 12. The van der Waals surface area contributed by atoms with E-state index in [4.69, 9.17) is 13.1 Å². The summed E-state index contributed by atoms with van der Waals surface area (Å²) in [5.41, 5.74) is 5.53. The van der Waals surface area contributed by atoms with Crippen molar-refractivity contribution in [3.8, 4) is 51.1 Å². The monoisotopic (exact) mass is 1300 g/mol. The molecule has 16 aromatic rings. The number of nitriles is 1. The van der Waals surface area contributed by atoms with Gasteiger partial charge in [0.05, 0.1) is 108 Å². The molecule has 98 heavy (non-hydrogen) atoms. The van der Waals surface area contributed by atoms with Gasteiger partial charge in [0.25, 0.3) is 0 Å². The Bertz CT molecular complexity index is 5900. The zero-order valence-electron chi connectivity index (χ0n) is 52.5. The Morgan fingerprint density at radius 3 is 0.847 bits per heavy atom. The van der Waals surface area contributed by atoms with E-state index in [0.29, 0.717) is 33.4 Å². The van der Waals surface area contributed by atoms with Crippen LogP contribution in [0.1, 0.15) is 44.5 Å². The maximum absolute atomic E-state index is 15.1. The molecule has 0 unspecified atom stereocenters. The number of para-hydroxylation sites is 4. The van der Waals surface area contributed by atoms with Crippen LogP contribution < -0.4 is 0 Å². The predicted octanol–water partition coefficient (Wildman–Crippen LogP) is 24.4. The molecule has 0 spiro atoms. The molecule has 0 radical (unpaired) electrons. The molecule has 7 nitrogen and oxygen atoms in total. The maximum Gasteiger partial charge on any atom is 0.416 e. The molecule has 0 aliphatic carbocycles. The maximum atomic E-state index is 15.1. The second-order valence-corrected chi connectivity index (χ2v) is 24.5. The lowest BCUT2D eigenvalue weighted by Gasteiger charge is -2.25. The fourth-order valence-corrected chi connectivity index (χ4v) is 14.3. The Hall–Kier alpha value is -12.3. The number of rotatable bonds is 6. The number of alkyl halides is 9. The molecule has 4 heterocycles. The van der Waals surface area contributed by atoms with E-state index < -0.39 is 40.8 Å². The van der Waals surface area contributed by atoms with Crippen molar-refractivity contribution < 1.29 is 39.5 Å². The van der Waals surface area contributed by atoms with Gasteiger partial charge in [0.15, 0.2) is 11.4 Å². The predicted molar refractivity (Wildman–Crippen MR) is 372 cm³/mol. The van der Waals surface area contributed by atoms with Crippen LogP contribution in [0.15, 0.2) is 231 Å². The minimum Gasteiger partial charge on any atom is -0.309 e. The molecule has 0 N–H and O–H groups in total. The summed E-state index contributed by atoms with van der Waals surface area (Å²) in [7, 11) is 0. The Balaban J connectivity index is 0.000000160. The molecule has 0 aliphatic heterocycles. The number of fused-ring (bicyclic) bond motifs is 12. The Kier molecular flexibility index (Phi) is 14.5. The first kappa shape index (κ1) is 61.8. The van der Waals surface area contributed by atoms with Gasteiger partial charge in [-0.05, 0) is 125 Å². The standard InChI is InChI=1S/C41H25F6N3.C41H25F3N4/c1-23-15-17-34-28(19-23)26-9-4-6-13-32(26)49(34)36-21-25(40(42,43)44)22-37(39(36)38-30(41(45,46)47)11-8-12-31(38)48-3)50-33-14-7-5-10-27(33)29-20-24(2)16-18-35(29)50;1-24-15-17-35-29(19-24)27-9-4-6-13-33(27)47(35)37-21-26(23-45)22-38(40(37)39-31(41(42,43)44)11-8-12-32(39)46-3)48-34-14-7-5-10-28(34)30-20-25(2)16-18-36(30)48/h4-22H,1-2H3;4-22H,1-2H3. The highest BCUT2D eigenvalue weighted by Crippen LogP contribution is 2.53. The van der Waals surface area contributed by atoms with Crippen LogP contribution in [0, 0.1) is 52.2 Å². The van der Waals surface area contributed by atoms with E-state index in [0.717, 1.165) is 118 Å². The van der Waals surface area contributed by atoms with Gasteiger partial charge in [0.2, 0.25) is 0 Å². The zero-order valence-corrected chi connectivity index (χ0v) is 52.5. The fraction of sp³-hybridized carbons (Fsp3) is 0.0854. The number of hydrogen-bond donors (Lipinski definition) is 0. The van der Waals surface area contributed by atoms with Gasteiger partial charge in [0, 0.05) is 65.3 Å².